The Bertz CT molecular complexity index is 2290. The zero-order chi connectivity index (χ0) is 34.3. The van der Waals surface area contributed by atoms with Gasteiger partial charge in [0.15, 0.2) is 0 Å². The molecule has 0 radical (unpaired) electrons. The van der Waals surface area contributed by atoms with Crippen molar-refractivity contribution < 1.29 is 0 Å². The van der Waals surface area contributed by atoms with E-state index in [9.17, 15) is 0 Å². The maximum absolute atomic E-state index is 6.40. The maximum atomic E-state index is 6.40. The van der Waals surface area contributed by atoms with Gasteiger partial charge in [0, 0.05) is 33.6 Å². The number of nitrogens with two attached hydrogens (primary N) is 2. The van der Waals surface area contributed by atoms with Crippen molar-refractivity contribution in [1.29, 1.82) is 0 Å². The molecule has 1 aromatic heterocycles. The maximum Gasteiger partial charge on any atom is 0.0619 e. The standard InChI is InChI=1S/C40H35N3.C6H10/c1-2-3-5-16-38(42)32-12-8-10-27(24-32)29-17-20-35-31(23-29)19-22-37-36-21-18-30(28-11-9-13-33(41)25-28)26-39(36)43(40(35)37)34-14-6-4-7-15-34;1-4-5-6(2)3/h3-12,14-26,33H,2,13,41-42H2,1H3;4-5H,2H2,1,3H3/b5-3-,38-16-;5-4-. The first-order valence-electron chi connectivity index (χ1n) is 17.1. The molecule has 0 saturated heterocycles. The van der Waals surface area contributed by atoms with E-state index in [-0.39, 0.29) is 6.04 Å². The number of para-hydroxylation sites is 1. The predicted molar refractivity (Wildman–Crippen MR) is 215 cm³/mol. The quantitative estimate of drug-likeness (QED) is 0.171. The lowest BCUT2D eigenvalue weighted by Gasteiger charge is -2.14. The molecule has 1 unspecified atom stereocenters. The number of nitrogens with zero attached hydrogens (tertiary/aromatic N) is 1. The highest BCUT2D eigenvalue weighted by molar-refractivity contribution is 6.19. The molecule has 4 N–H and O–H groups in total. The normalized spacial score (nSPS) is 14.9. The van der Waals surface area contributed by atoms with Crippen LogP contribution in [0.3, 0.4) is 0 Å². The Hall–Kier alpha value is -5.64. The molecule has 7 rings (SSSR count). The Balaban J connectivity index is 0.000000639. The van der Waals surface area contributed by atoms with Crippen LogP contribution in [0.4, 0.5) is 0 Å². The largest absolute Gasteiger partial charge is 0.398 e. The number of hydrogen-bond acceptors (Lipinski definition) is 2. The van der Waals surface area contributed by atoms with Gasteiger partial charge in [0.2, 0.25) is 0 Å². The first kappa shape index (κ1) is 33.3. The van der Waals surface area contributed by atoms with Crippen LogP contribution < -0.4 is 11.5 Å². The highest BCUT2D eigenvalue weighted by Gasteiger charge is 2.17. The third-order valence-electron chi connectivity index (χ3n) is 8.82. The summed E-state index contributed by atoms with van der Waals surface area (Å²) in [6.45, 7) is 9.73. The van der Waals surface area contributed by atoms with Crippen molar-refractivity contribution in [3.8, 4) is 16.8 Å². The molecule has 49 heavy (non-hydrogen) atoms. The van der Waals surface area contributed by atoms with Crippen LogP contribution in [0.15, 0.2) is 164 Å². The van der Waals surface area contributed by atoms with E-state index in [0.29, 0.717) is 0 Å². The van der Waals surface area contributed by atoms with Gasteiger partial charge in [-0.3, -0.25) is 0 Å². The second-order valence-corrected chi connectivity index (χ2v) is 12.6. The van der Waals surface area contributed by atoms with Crippen LogP contribution in [-0.2, 0) is 0 Å². The molecule has 1 atom stereocenters. The number of benzene rings is 5. The van der Waals surface area contributed by atoms with Crippen molar-refractivity contribution in [3.63, 3.8) is 0 Å². The summed E-state index contributed by atoms with van der Waals surface area (Å²) in [6, 6.07) is 37.3. The Morgan fingerprint density at radius 2 is 1.61 bits per heavy atom. The van der Waals surface area contributed by atoms with E-state index >= 15 is 0 Å². The second kappa shape index (κ2) is 15.1. The van der Waals surface area contributed by atoms with Crippen LogP contribution >= 0.6 is 0 Å². The van der Waals surface area contributed by atoms with Gasteiger partial charge in [0.1, 0.15) is 0 Å². The van der Waals surface area contributed by atoms with E-state index in [1.54, 1.807) is 0 Å². The lowest BCUT2D eigenvalue weighted by molar-refractivity contribution is 0.829. The fourth-order valence-corrected chi connectivity index (χ4v) is 6.51. The van der Waals surface area contributed by atoms with Gasteiger partial charge in [-0.2, -0.15) is 0 Å². The van der Waals surface area contributed by atoms with Gasteiger partial charge in [-0.05, 0) is 96.3 Å². The summed E-state index contributed by atoms with van der Waals surface area (Å²) >= 11 is 0. The van der Waals surface area contributed by atoms with Crippen molar-refractivity contribution in [2.24, 2.45) is 11.5 Å². The van der Waals surface area contributed by atoms with E-state index in [4.69, 9.17) is 11.5 Å². The van der Waals surface area contributed by atoms with Crippen molar-refractivity contribution in [1.82, 2.24) is 4.57 Å². The van der Waals surface area contributed by atoms with Crippen LogP contribution in [0.25, 0.3) is 60.7 Å². The number of aromatic nitrogens is 1. The first-order valence-corrected chi connectivity index (χ1v) is 17.1. The van der Waals surface area contributed by atoms with Crippen LogP contribution in [0.5, 0.6) is 0 Å². The Kier molecular flexibility index (Phi) is 10.2. The highest BCUT2D eigenvalue weighted by atomic mass is 15.0. The van der Waals surface area contributed by atoms with Crippen LogP contribution in [0, 0.1) is 0 Å². The fraction of sp³-hybridized carbons (Fsp3) is 0.130. The smallest absolute Gasteiger partial charge is 0.0619 e. The zero-order valence-corrected chi connectivity index (χ0v) is 28.7. The van der Waals surface area contributed by atoms with Gasteiger partial charge in [-0.1, -0.05) is 134 Å². The van der Waals surface area contributed by atoms with E-state index in [2.05, 4.69) is 146 Å². The van der Waals surface area contributed by atoms with Crippen molar-refractivity contribution >= 4 is 43.8 Å². The second-order valence-electron chi connectivity index (χ2n) is 12.6. The molecule has 0 amide bonds. The zero-order valence-electron chi connectivity index (χ0n) is 28.7. The summed E-state index contributed by atoms with van der Waals surface area (Å²) in [5.41, 5.74) is 23.8. The SMILES string of the molecule is C=C(C)/C=C\C.CC/C=C\C=C(/N)c1cccc(-c2ccc3c(ccc4c5ccc(C6=CC(N)CC=C6)cc5n(-c5ccccc5)c34)c2)c1. The molecule has 6 aromatic rings. The summed E-state index contributed by atoms with van der Waals surface area (Å²) in [5, 5.41) is 4.91. The van der Waals surface area contributed by atoms with Crippen LogP contribution in [-0.4, -0.2) is 10.6 Å². The molecule has 3 nitrogen and oxygen atoms in total. The minimum atomic E-state index is 0.0554. The molecule has 0 saturated carbocycles. The number of allylic oxidation sites excluding steroid dienone is 8. The molecule has 3 heteroatoms. The summed E-state index contributed by atoms with van der Waals surface area (Å²) in [4.78, 5) is 0. The van der Waals surface area contributed by atoms with Gasteiger partial charge in [0.25, 0.3) is 0 Å². The molecular weight excluding hydrogens is 595 g/mol. The molecule has 1 aliphatic rings. The minimum Gasteiger partial charge on any atom is -0.398 e. The number of rotatable bonds is 7. The van der Waals surface area contributed by atoms with Gasteiger partial charge < -0.3 is 16.0 Å². The Morgan fingerprint density at radius 1 is 0.857 bits per heavy atom. The summed E-state index contributed by atoms with van der Waals surface area (Å²) in [5.74, 6) is 0. The topological polar surface area (TPSA) is 57.0 Å². The van der Waals surface area contributed by atoms with Gasteiger partial charge >= 0.3 is 0 Å². The van der Waals surface area contributed by atoms with E-state index in [1.165, 1.54) is 49.3 Å². The summed E-state index contributed by atoms with van der Waals surface area (Å²) in [7, 11) is 0. The van der Waals surface area contributed by atoms with E-state index in [0.717, 1.165) is 40.9 Å². The third-order valence-corrected chi connectivity index (χ3v) is 8.82. The average molecular weight is 640 g/mol. The average Bonchev–Trinajstić information content (AvgIpc) is 3.46. The molecular formula is C46H45N3. The third kappa shape index (κ3) is 7.28. The van der Waals surface area contributed by atoms with Crippen molar-refractivity contribution in [2.75, 3.05) is 0 Å². The van der Waals surface area contributed by atoms with Gasteiger partial charge in [0.05, 0.1) is 11.0 Å². The van der Waals surface area contributed by atoms with E-state index < -0.39 is 0 Å². The van der Waals surface area contributed by atoms with Crippen LogP contribution in [0.1, 0.15) is 44.7 Å². The molecule has 5 aromatic carbocycles. The predicted octanol–water partition coefficient (Wildman–Crippen LogP) is 11.7. The Morgan fingerprint density at radius 3 is 2.35 bits per heavy atom. The molecule has 0 spiro atoms. The summed E-state index contributed by atoms with van der Waals surface area (Å²) < 4.78 is 2.42. The van der Waals surface area contributed by atoms with Crippen molar-refractivity contribution in [2.45, 2.75) is 39.7 Å². The summed E-state index contributed by atoms with van der Waals surface area (Å²) in [6.07, 6.45) is 18.5. The Labute approximate surface area is 290 Å². The monoisotopic (exact) mass is 639 g/mol. The van der Waals surface area contributed by atoms with E-state index in [1.807, 2.05) is 38.2 Å². The lowest BCUT2D eigenvalue weighted by Crippen LogP contribution is -2.17. The molecule has 0 bridgehead atoms. The molecule has 0 aliphatic heterocycles. The first-order chi connectivity index (χ1) is 23.9. The van der Waals surface area contributed by atoms with Gasteiger partial charge in [-0.25, -0.2) is 0 Å². The molecule has 1 heterocycles. The van der Waals surface area contributed by atoms with Crippen molar-refractivity contribution in [3.05, 3.63) is 175 Å². The lowest BCUT2D eigenvalue weighted by atomic mass is 9.96. The molecule has 244 valence electrons. The molecule has 0 fully saturated rings. The fourth-order valence-electron chi connectivity index (χ4n) is 6.51. The number of fused-ring (bicyclic) bond motifs is 5. The molecule has 1 aliphatic carbocycles. The van der Waals surface area contributed by atoms with Crippen LogP contribution in [0.2, 0.25) is 0 Å². The van der Waals surface area contributed by atoms with Gasteiger partial charge in [-0.15, -0.1) is 0 Å². The minimum absolute atomic E-state index is 0.0554. The number of hydrogen-bond donors (Lipinski definition) is 2. The highest BCUT2D eigenvalue weighted by Crippen LogP contribution is 2.39.